The number of sulfone groups is 1. The second kappa shape index (κ2) is 4.92. The summed E-state index contributed by atoms with van der Waals surface area (Å²) in [5, 5.41) is 8.33. The number of hydrogen-bond donors (Lipinski definition) is 3. The number of carbonyl (C=O) groups is 1. The average Bonchev–Trinajstić information content (AvgIpc) is 2.57. The van der Waals surface area contributed by atoms with Crippen molar-refractivity contribution in [2.24, 2.45) is 0 Å². The molecule has 0 aromatic carbocycles. The minimum absolute atomic E-state index is 0.0110. The topological polar surface area (TPSA) is 131 Å². The van der Waals surface area contributed by atoms with E-state index < -0.39 is 15.7 Å². The molecule has 9 heteroatoms. The molecule has 1 amide bonds. The van der Waals surface area contributed by atoms with E-state index in [-0.39, 0.29) is 24.1 Å². The maximum absolute atomic E-state index is 11.3. The molecule has 0 radical (unpaired) electrons. The van der Waals surface area contributed by atoms with Gasteiger partial charge in [0.15, 0.2) is 0 Å². The zero-order chi connectivity index (χ0) is 12.2. The van der Waals surface area contributed by atoms with E-state index in [1.165, 1.54) is 0 Å². The number of aromatic nitrogens is 3. The number of amides is 1. The van der Waals surface area contributed by atoms with E-state index in [0.29, 0.717) is 6.42 Å². The van der Waals surface area contributed by atoms with Crippen molar-refractivity contribution < 1.29 is 13.2 Å². The predicted molar refractivity (Wildman–Crippen MR) is 57.5 cm³/mol. The monoisotopic (exact) mass is 247 g/mol. The number of nitrogens with two attached hydrogens (primary N) is 1. The Bertz CT molecular complexity index is 466. The van der Waals surface area contributed by atoms with Crippen molar-refractivity contribution in [2.75, 3.05) is 24.3 Å². The zero-order valence-electron chi connectivity index (χ0n) is 8.73. The fraction of sp³-hybridized carbons (Fsp3) is 0.571. The lowest BCUT2D eigenvalue weighted by molar-refractivity contribution is 0.0944. The summed E-state index contributed by atoms with van der Waals surface area (Å²) in [7, 11) is -2.99. The van der Waals surface area contributed by atoms with Crippen molar-refractivity contribution in [3.8, 4) is 0 Å². The summed E-state index contributed by atoms with van der Waals surface area (Å²) >= 11 is 0. The van der Waals surface area contributed by atoms with Gasteiger partial charge in [0.1, 0.15) is 9.84 Å². The van der Waals surface area contributed by atoms with E-state index in [1.807, 2.05) is 0 Å². The SMILES string of the molecule is CS(=O)(=O)CCCNC(=O)c1nc(N)n[nH]1. The molecule has 0 fully saturated rings. The number of nitrogen functional groups attached to an aromatic ring is 1. The number of nitrogens with zero attached hydrogens (tertiary/aromatic N) is 2. The van der Waals surface area contributed by atoms with E-state index >= 15 is 0 Å². The molecule has 8 nitrogen and oxygen atoms in total. The predicted octanol–water partition coefficient (Wildman–Crippen LogP) is -1.45. The van der Waals surface area contributed by atoms with Crippen LogP contribution in [0.3, 0.4) is 0 Å². The first-order valence-corrected chi connectivity index (χ1v) is 6.58. The quantitative estimate of drug-likeness (QED) is 0.546. The van der Waals surface area contributed by atoms with Gasteiger partial charge in [-0.05, 0) is 6.42 Å². The molecule has 0 unspecified atom stereocenters. The minimum Gasteiger partial charge on any atom is -0.366 e. The lowest BCUT2D eigenvalue weighted by Gasteiger charge is -2.01. The van der Waals surface area contributed by atoms with Gasteiger partial charge >= 0.3 is 0 Å². The molecule has 0 aliphatic carbocycles. The van der Waals surface area contributed by atoms with E-state index in [0.717, 1.165) is 6.26 Å². The summed E-state index contributed by atoms with van der Waals surface area (Å²) in [6, 6.07) is 0. The molecule has 16 heavy (non-hydrogen) atoms. The van der Waals surface area contributed by atoms with E-state index in [4.69, 9.17) is 5.73 Å². The van der Waals surface area contributed by atoms with Gasteiger partial charge < -0.3 is 11.1 Å². The van der Waals surface area contributed by atoms with Gasteiger partial charge in [-0.3, -0.25) is 9.89 Å². The van der Waals surface area contributed by atoms with Crippen LogP contribution in [0, 0.1) is 0 Å². The molecule has 4 N–H and O–H groups in total. The molecular weight excluding hydrogens is 234 g/mol. The van der Waals surface area contributed by atoms with Crippen LogP contribution >= 0.6 is 0 Å². The second-order valence-electron chi connectivity index (χ2n) is 3.28. The smallest absolute Gasteiger partial charge is 0.288 e. The van der Waals surface area contributed by atoms with Crippen molar-refractivity contribution in [3.63, 3.8) is 0 Å². The molecule has 0 aliphatic heterocycles. The Morgan fingerprint density at radius 2 is 2.25 bits per heavy atom. The average molecular weight is 247 g/mol. The van der Waals surface area contributed by atoms with Crippen LogP contribution < -0.4 is 11.1 Å². The number of anilines is 1. The van der Waals surface area contributed by atoms with Gasteiger partial charge in [-0.15, -0.1) is 5.10 Å². The van der Waals surface area contributed by atoms with Crippen molar-refractivity contribution in [2.45, 2.75) is 6.42 Å². The highest BCUT2D eigenvalue weighted by atomic mass is 32.2. The van der Waals surface area contributed by atoms with Crippen LogP contribution in [-0.4, -0.2) is 48.1 Å². The van der Waals surface area contributed by atoms with Gasteiger partial charge in [0.2, 0.25) is 11.8 Å². The molecule has 90 valence electrons. The molecule has 1 aromatic heterocycles. The van der Waals surface area contributed by atoms with Gasteiger partial charge in [0.05, 0.1) is 5.75 Å². The molecule has 1 heterocycles. The Labute approximate surface area is 92.5 Å². The lowest BCUT2D eigenvalue weighted by atomic mass is 10.4. The molecule has 0 aliphatic rings. The molecule has 0 atom stereocenters. The third-order valence-corrected chi connectivity index (χ3v) is 2.73. The summed E-state index contributed by atoms with van der Waals surface area (Å²) < 4.78 is 21.6. The Balaban J connectivity index is 2.31. The lowest BCUT2D eigenvalue weighted by Crippen LogP contribution is -2.26. The third-order valence-electron chi connectivity index (χ3n) is 1.70. The molecule has 0 saturated carbocycles. The second-order valence-corrected chi connectivity index (χ2v) is 5.54. The van der Waals surface area contributed by atoms with E-state index in [9.17, 15) is 13.2 Å². The highest BCUT2D eigenvalue weighted by molar-refractivity contribution is 7.90. The zero-order valence-corrected chi connectivity index (χ0v) is 9.54. The van der Waals surface area contributed by atoms with Crippen LogP contribution in [0.15, 0.2) is 0 Å². The van der Waals surface area contributed by atoms with Crippen LogP contribution in [0.1, 0.15) is 17.0 Å². The minimum atomic E-state index is -2.99. The van der Waals surface area contributed by atoms with E-state index in [2.05, 4.69) is 20.5 Å². The first kappa shape index (κ1) is 12.4. The van der Waals surface area contributed by atoms with Crippen LogP contribution in [0.2, 0.25) is 0 Å². The molecular formula is C7H13N5O3S. The van der Waals surface area contributed by atoms with Crippen LogP contribution in [-0.2, 0) is 9.84 Å². The molecule has 1 rings (SSSR count). The first-order chi connectivity index (χ1) is 7.38. The number of aromatic amines is 1. The van der Waals surface area contributed by atoms with E-state index in [1.54, 1.807) is 0 Å². The standard InChI is InChI=1S/C7H13N5O3S/c1-16(14,15)4-2-3-9-6(13)5-10-7(8)12-11-5/h2-4H2,1H3,(H,9,13)(H3,8,10,11,12). The van der Waals surface area contributed by atoms with Crippen molar-refractivity contribution in [1.29, 1.82) is 0 Å². The molecule has 0 saturated heterocycles. The first-order valence-electron chi connectivity index (χ1n) is 4.52. The fourth-order valence-electron chi connectivity index (χ4n) is 0.996. The maximum Gasteiger partial charge on any atom is 0.288 e. The Hall–Kier alpha value is -1.64. The summed E-state index contributed by atoms with van der Waals surface area (Å²) in [4.78, 5) is 15.0. The fourth-order valence-corrected chi connectivity index (χ4v) is 1.67. The van der Waals surface area contributed by atoms with Gasteiger partial charge in [0.25, 0.3) is 5.91 Å². The van der Waals surface area contributed by atoms with Gasteiger partial charge in [-0.25, -0.2) is 8.42 Å². The van der Waals surface area contributed by atoms with Crippen molar-refractivity contribution in [1.82, 2.24) is 20.5 Å². The summed E-state index contributed by atoms with van der Waals surface area (Å²) in [5.41, 5.74) is 5.22. The maximum atomic E-state index is 11.3. The van der Waals surface area contributed by atoms with Crippen LogP contribution in [0.4, 0.5) is 5.95 Å². The van der Waals surface area contributed by atoms with Crippen molar-refractivity contribution in [3.05, 3.63) is 5.82 Å². The van der Waals surface area contributed by atoms with Crippen LogP contribution in [0.5, 0.6) is 0 Å². The highest BCUT2D eigenvalue weighted by Gasteiger charge is 2.10. The number of H-pyrrole nitrogens is 1. The Morgan fingerprint density at radius 3 is 2.75 bits per heavy atom. The molecule has 0 bridgehead atoms. The number of rotatable bonds is 5. The largest absolute Gasteiger partial charge is 0.366 e. The van der Waals surface area contributed by atoms with Gasteiger partial charge in [-0.1, -0.05) is 0 Å². The van der Waals surface area contributed by atoms with Gasteiger partial charge in [-0.2, -0.15) is 4.98 Å². The number of carbonyl (C=O) groups excluding carboxylic acids is 1. The van der Waals surface area contributed by atoms with Crippen molar-refractivity contribution >= 4 is 21.7 Å². The number of nitrogens with one attached hydrogen (secondary N) is 2. The van der Waals surface area contributed by atoms with Gasteiger partial charge in [0, 0.05) is 12.8 Å². The third kappa shape index (κ3) is 4.26. The molecule has 0 spiro atoms. The molecule has 1 aromatic rings. The summed E-state index contributed by atoms with van der Waals surface area (Å²) in [6.07, 6.45) is 1.50. The summed E-state index contributed by atoms with van der Waals surface area (Å²) in [6.45, 7) is 0.256. The normalized spacial score (nSPS) is 11.3. The number of hydrogen-bond acceptors (Lipinski definition) is 6. The Kier molecular flexibility index (Phi) is 3.82. The summed E-state index contributed by atoms with van der Waals surface area (Å²) in [5.74, 6) is -0.429. The van der Waals surface area contributed by atoms with Crippen LogP contribution in [0.25, 0.3) is 0 Å². The Morgan fingerprint density at radius 1 is 1.56 bits per heavy atom. The highest BCUT2D eigenvalue weighted by Crippen LogP contribution is 1.93.